The zero-order valence-corrected chi connectivity index (χ0v) is 14.0. The van der Waals surface area contributed by atoms with Gasteiger partial charge in [-0.3, -0.25) is 4.79 Å². The molecule has 0 fully saturated rings. The van der Waals surface area contributed by atoms with Crippen molar-refractivity contribution in [3.05, 3.63) is 51.0 Å². The summed E-state index contributed by atoms with van der Waals surface area (Å²) in [6.07, 6.45) is 0.722. The van der Waals surface area contributed by atoms with E-state index in [1.165, 1.54) is 0 Å². The van der Waals surface area contributed by atoms with Gasteiger partial charge in [0.2, 0.25) is 0 Å². The third kappa shape index (κ3) is 3.24. The standard InChI is InChI=1S/C16H19BrN2O2/c1-4-16(3,21-5-2)15-18-13(12(17)14(20)19-15)11-9-7-6-8-10-11/h6-10H,4-5H2,1-3H3,(H,18,19,20). The number of rotatable bonds is 5. The summed E-state index contributed by atoms with van der Waals surface area (Å²) in [7, 11) is 0. The van der Waals surface area contributed by atoms with Crippen molar-refractivity contribution in [1.82, 2.24) is 9.97 Å². The zero-order chi connectivity index (χ0) is 15.5. The summed E-state index contributed by atoms with van der Waals surface area (Å²) < 4.78 is 6.24. The molecular formula is C16H19BrN2O2. The first-order valence-corrected chi connectivity index (χ1v) is 7.80. The van der Waals surface area contributed by atoms with Crippen molar-refractivity contribution in [2.24, 2.45) is 0 Å². The number of aromatic amines is 1. The molecular weight excluding hydrogens is 332 g/mol. The molecule has 21 heavy (non-hydrogen) atoms. The van der Waals surface area contributed by atoms with Crippen LogP contribution in [0, 0.1) is 0 Å². The average molecular weight is 351 g/mol. The molecule has 112 valence electrons. The molecule has 0 saturated carbocycles. The van der Waals surface area contributed by atoms with Crippen molar-refractivity contribution in [2.75, 3.05) is 6.61 Å². The maximum Gasteiger partial charge on any atom is 0.265 e. The topological polar surface area (TPSA) is 55.0 Å². The molecule has 1 heterocycles. The molecule has 0 aliphatic rings. The van der Waals surface area contributed by atoms with Crippen LogP contribution in [0.3, 0.4) is 0 Å². The number of nitrogens with one attached hydrogen (secondary N) is 1. The van der Waals surface area contributed by atoms with Crippen molar-refractivity contribution >= 4 is 15.9 Å². The number of hydrogen-bond donors (Lipinski definition) is 1. The highest BCUT2D eigenvalue weighted by atomic mass is 79.9. The molecule has 0 aliphatic heterocycles. The van der Waals surface area contributed by atoms with E-state index in [2.05, 4.69) is 25.9 Å². The Hall–Kier alpha value is -1.46. The van der Waals surface area contributed by atoms with Gasteiger partial charge in [0.15, 0.2) is 0 Å². The first-order valence-electron chi connectivity index (χ1n) is 7.01. The van der Waals surface area contributed by atoms with E-state index >= 15 is 0 Å². The molecule has 0 radical (unpaired) electrons. The van der Waals surface area contributed by atoms with Crippen LogP contribution >= 0.6 is 15.9 Å². The van der Waals surface area contributed by atoms with Gasteiger partial charge >= 0.3 is 0 Å². The smallest absolute Gasteiger partial charge is 0.265 e. The van der Waals surface area contributed by atoms with Crippen LogP contribution in [0.4, 0.5) is 0 Å². The van der Waals surface area contributed by atoms with Crippen LogP contribution in [0.2, 0.25) is 0 Å². The van der Waals surface area contributed by atoms with E-state index in [0.717, 1.165) is 12.0 Å². The highest BCUT2D eigenvalue weighted by molar-refractivity contribution is 9.10. The number of ether oxygens (including phenoxy) is 1. The van der Waals surface area contributed by atoms with E-state index in [-0.39, 0.29) is 5.56 Å². The van der Waals surface area contributed by atoms with Gasteiger partial charge in [-0.15, -0.1) is 0 Å². The molecule has 0 spiro atoms. The Labute approximate surface area is 132 Å². The lowest BCUT2D eigenvalue weighted by Crippen LogP contribution is -2.31. The summed E-state index contributed by atoms with van der Waals surface area (Å²) in [4.78, 5) is 19.7. The zero-order valence-electron chi connectivity index (χ0n) is 12.4. The summed E-state index contributed by atoms with van der Waals surface area (Å²) in [5.41, 5.74) is 0.733. The third-order valence-electron chi connectivity index (χ3n) is 3.55. The lowest BCUT2D eigenvalue weighted by Gasteiger charge is -2.27. The Bertz CT molecular complexity index is 670. The number of hydrogen-bond acceptors (Lipinski definition) is 3. The molecule has 1 N–H and O–H groups in total. The molecule has 5 heteroatoms. The number of nitrogens with zero attached hydrogens (tertiary/aromatic N) is 1. The monoisotopic (exact) mass is 350 g/mol. The van der Waals surface area contributed by atoms with E-state index in [0.29, 0.717) is 22.6 Å². The summed E-state index contributed by atoms with van der Waals surface area (Å²) in [5.74, 6) is 0.555. The van der Waals surface area contributed by atoms with Crippen LogP contribution < -0.4 is 5.56 Å². The number of H-pyrrole nitrogens is 1. The van der Waals surface area contributed by atoms with Gasteiger partial charge in [-0.2, -0.15) is 0 Å². The third-order valence-corrected chi connectivity index (χ3v) is 4.28. The van der Waals surface area contributed by atoms with Gasteiger partial charge < -0.3 is 9.72 Å². The average Bonchev–Trinajstić information content (AvgIpc) is 2.50. The van der Waals surface area contributed by atoms with Gasteiger partial charge in [0.1, 0.15) is 15.9 Å². The predicted molar refractivity (Wildman–Crippen MR) is 87.3 cm³/mol. The van der Waals surface area contributed by atoms with E-state index < -0.39 is 5.60 Å². The summed E-state index contributed by atoms with van der Waals surface area (Å²) in [6, 6.07) is 9.64. The molecule has 2 aromatic rings. The fourth-order valence-electron chi connectivity index (χ4n) is 2.15. The van der Waals surface area contributed by atoms with Gasteiger partial charge in [0.25, 0.3) is 5.56 Å². The van der Waals surface area contributed by atoms with Crippen molar-refractivity contribution in [3.63, 3.8) is 0 Å². The number of halogens is 1. The number of benzene rings is 1. The van der Waals surface area contributed by atoms with Gasteiger partial charge in [-0.05, 0) is 36.2 Å². The molecule has 0 aliphatic carbocycles. The van der Waals surface area contributed by atoms with E-state index in [1.54, 1.807) is 0 Å². The summed E-state index contributed by atoms with van der Waals surface area (Å²) in [5, 5.41) is 0. The Morgan fingerprint density at radius 3 is 2.52 bits per heavy atom. The second kappa shape index (κ2) is 6.54. The Morgan fingerprint density at radius 1 is 1.29 bits per heavy atom. The Balaban J connectivity index is 2.61. The molecule has 0 amide bonds. The second-order valence-electron chi connectivity index (χ2n) is 4.96. The molecule has 0 saturated heterocycles. The molecule has 4 nitrogen and oxygen atoms in total. The fraction of sp³-hybridized carbons (Fsp3) is 0.375. The molecule has 1 unspecified atom stereocenters. The van der Waals surface area contributed by atoms with Crippen molar-refractivity contribution < 1.29 is 4.74 Å². The maximum atomic E-state index is 12.2. The minimum Gasteiger partial charge on any atom is -0.368 e. The van der Waals surface area contributed by atoms with Crippen molar-refractivity contribution in [2.45, 2.75) is 32.8 Å². The van der Waals surface area contributed by atoms with Gasteiger partial charge in [0, 0.05) is 12.2 Å². The van der Waals surface area contributed by atoms with Gasteiger partial charge in [-0.25, -0.2) is 4.98 Å². The SMILES string of the molecule is CCOC(C)(CC)c1nc(-c2ccccc2)c(Br)c(=O)[nH]1. The second-order valence-corrected chi connectivity index (χ2v) is 5.75. The largest absolute Gasteiger partial charge is 0.368 e. The summed E-state index contributed by atoms with van der Waals surface area (Å²) in [6.45, 7) is 6.45. The van der Waals surface area contributed by atoms with Crippen LogP contribution in [-0.4, -0.2) is 16.6 Å². The first-order chi connectivity index (χ1) is 10.0. The maximum absolute atomic E-state index is 12.2. The number of aromatic nitrogens is 2. The van der Waals surface area contributed by atoms with Crippen LogP contribution in [0.1, 0.15) is 33.0 Å². The van der Waals surface area contributed by atoms with Crippen LogP contribution in [0.25, 0.3) is 11.3 Å². The van der Waals surface area contributed by atoms with Crippen LogP contribution in [0.15, 0.2) is 39.6 Å². The highest BCUT2D eigenvalue weighted by Crippen LogP contribution is 2.29. The Kier molecular flexibility index (Phi) is 4.96. The normalized spacial score (nSPS) is 13.9. The van der Waals surface area contributed by atoms with E-state index in [4.69, 9.17) is 4.74 Å². The van der Waals surface area contributed by atoms with Gasteiger partial charge in [-0.1, -0.05) is 37.3 Å². The van der Waals surface area contributed by atoms with E-state index in [1.807, 2.05) is 51.1 Å². The fourth-order valence-corrected chi connectivity index (χ4v) is 2.57. The minimum atomic E-state index is -0.599. The van der Waals surface area contributed by atoms with E-state index in [9.17, 15) is 4.79 Å². The lowest BCUT2D eigenvalue weighted by molar-refractivity contribution is -0.0391. The van der Waals surface area contributed by atoms with Crippen molar-refractivity contribution in [3.8, 4) is 11.3 Å². The molecule has 1 aromatic carbocycles. The highest BCUT2D eigenvalue weighted by Gasteiger charge is 2.29. The quantitative estimate of drug-likeness (QED) is 0.890. The van der Waals surface area contributed by atoms with Crippen molar-refractivity contribution in [1.29, 1.82) is 0 Å². The molecule has 1 atom stereocenters. The molecule has 1 aromatic heterocycles. The van der Waals surface area contributed by atoms with Gasteiger partial charge in [0.05, 0.1) is 5.69 Å². The minimum absolute atomic E-state index is 0.196. The van der Waals surface area contributed by atoms with Crippen LogP contribution in [-0.2, 0) is 10.3 Å². The first kappa shape index (κ1) is 15.9. The Morgan fingerprint density at radius 2 is 1.95 bits per heavy atom. The lowest BCUT2D eigenvalue weighted by atomic mass is 10.0. The summed E-state index contributed by atoms with van der Waals surface area (Å²) >= 11 is 3.33. The predicted octanol–water partition coefficient (Wildman–Crippen LogP) is 3.86. The van der Waals surface area contributed by atoms with Crippen LogP contribution in [0.5, 0.6) is 0 Å². The molecule has 2 rings (SSSR count). The molecule has 0 bridgehead atoms.